The van der Waals surface area contributed by atoms with Gasteiger partial charge in [0.05, 0.1) is 0 Å². The molecule has 2 unspecified atom stereocenters. The molecule has 0 aromatic heterocycles. The molecule has 1 aromatic carbocycles. The van der Waals surface area contributed by atoms with Crippen molar-refractivity contribution in [1.82, 2.24) is 4.90 Å². The van der Waals surface area contributed by atoms with Gasteiger partial charge >= 0.3 is 0 Å². The van der Waals surface area contributed by atoms with Crippen molar-refractivity contribution in [3.05, 3.63) is 29.8 Å². The van der Waals surface area contributed by atoms with Crippen molar-refractivity contribution in [1.29, 1.82) is 5.26 Å². The fourth-order valence-corrected chi connectivity index (χ4v) is 2.89. The summed E-state index contributed by atoms with van der Waals surface area (Å²) in [7, 11) is 7.73. The average Bonchev–Trinajstić information content (AvgIpc) is 2.49. The van der Waals surface area contributed by atoms with Gasteiger partial charge in [-0.15, -0.1) is 0 Å². The van der Waals surface area contributed by atoms with Crippen LogP contribution < -0.4 is 4.90 Å². The highest BCUT2D eigenvalue weighted by atomic mass is 79.9. The Morgan fingerprint density at radius 3 is 2.18 bits per heavy atom. The maximum absolute atomic E-state index is 9.38. The third-order valence-electron chi connectivity index (χ3n) is 3.75. The van der Waals surface area contributed by atoms with Crippen LogP contribution in [0.5, 0.6) is 0 Å². The normalized spacial score (nSPS) is 24.1. The molecule has 0 radical (unpaired) electrons. The van der Waals surface area contributed by atoms with E-state index in [2.05, 4.69) is 32.0 Å². The third-order valence-corrected chi connectivity index (χ3v) is 4.85. The van der Waals surface area contributed by atoms with Crippen LogP contribution in [0.2, 0.25) is 0 Å². The first-order valence-electron chi connectivity index (χ1n) is 6.97. The number of aliphatic imine (C=N–C) groups is 2. The Balaban J connectivity index is 2.46. The van der Waals surface area contributed by atoms with Gasteiger partial charge in [-0.1, -0.05) is 28.1 Å². The van der Waals surface area contributed by atoms with Gasteiger partial charge in [-0.3, -0.25) is 4.99 Å². The second-order valence-corrected chi connectivity index (χ2v) is 6.71. The number of hydrogen-bond donors (Lipinski definition) is 0. The molecule has 6 heteroatoms. The minimum Gasteiger partial charge on any atom is -0.378 e. The number of rotatable bonds is 2. The molecule has 0 saturated heterocycles. The van der Waals surface area contributed by atoms with E-state index in [0.717, 1.165) is 11.3 Å². The van der Waals surface area contributed by atoms with Crippen molar-refractivity contribution in [2.24, 2.45) is 9.98 Å². The second kappa shape index (κ2) is 6.09. The van der Waals surface area contributed by atoms with Crippen molar-refractivity contribution < 1.29 is 0 Å². The van der Waals surface area contributed by atoms with Crippen LogP contribution in [0.15, 0.2) is 34.3 Å². The average molecular weight is 362 g/mol. The van der Waals surface area contributed by atoms with Gasteiger partial charge in [0.25, 0.3) is 0 Å². The molecule has 22 heavy (non-hydrogen) atoms. The number of nitriles is 1. The molecule has 0 amide bonds. The van der Waals surface area contributed by atoms with E-state index < -0.39 is 5.54 Å². The molecule has 1 aromatic rings. The first-order valence-corrected chi connectivity index (χ1v) is 7.88. The molecule has 0 spiro atoms. The van der Waals surface area contributed by atoms with Gasteiger partial charge in [-0.2, -0.15) is 5.26 Å². The van der Waals surface area contributed by atoms with Crippen LogP contribution in [-0.4, -0.2) is 49.6 Å². The SMILES string of the molecule is CN(C)C1=NC(Br)C(C)(c2ccc(N(C)C)cc2)N=C1C#N. The van der Waals surface area contributed by atoms with Crippen LogP contribution in [0.4, 0.5) is 5.69 Å². The molecule has 2 rings (SSSR count). The number of alkyl halides is 1. The van der Waals surface area contributed by atoms with Crippen molar-refractivity contribution in [3.8, 4) is 6.07 Å². The largest absolute Gasteiger partial charge is 0.378 e. The van der Waals surface area contributed by atoms with E-state index in [1.807, 2.05) is 69.2 Å². The highest BCUT2D eigenvalue weighted by molar-refractivity contribution is 9.09. The summed E-state index contributed by atoms with van der Waals surface area (Å²) in [6.45, 7) is 1.99. The Labute approximate surface area is 140 Å². The fraction of sp³-hybridized carbons (Fsp3) is 0.438. The number of anilines is 1. The summed E-state index contributed by atoms with van der Waals surface area (Å²) >= 11 is 3.62. The molecule has 1 aliphatic heterocycles. The molecule has 1 aliphatic rings. The van der Waals surface area contributed by atoms with Gasteiger partial charge in [0, 0.05) is 33.9 Å². The Hall–Kier alpha value is -1.87. The summed E-state index contributed by atoms with van der Waals surface area (Å²) in [4.78, 5) is 12.9. The van der Waals surface area contributed by atoms with E-state index >= 15 is 0 Å². The van der Waals surface area contributed by atoms with Crippen molar-refractivity contribution in [2.45, 2.75) is 17.4 Å². The molecule has 2 atom stereocenters. The first kappa shape index (κ1) is 16.5. The predicted molar refractivity (Wildman–Crippen MR) is 95.0 cm³/mol. The van der Waals surface area contributed by atoms with Crippen molar-refractivity contribution in [2.75, 3.05) is 33.1 Å². The zero-order valence-corrected chi connectivity index (χ0v) is 15.1. The fourth-order valence-electron chi connectivity index (χ4n) is 2.33. The lowest BCUT2D eigenvalue weighted by molar-refractivity contribution is 0.476. The van der Waals surface area contributed by atoms with Gasteiger partial charge < -0.3 is 9.80 Å². The highest BCUT2D eigenvalue weighted by Gasteiger charge is 2.39. The first-order chi connectivity index (χ1) is 10.3. The van der Waals surface area contributed by atoms with E-state index in [9.17, 15) is 5.26 Å². The molecule has 0 saturated carbocycles. The van der Waals surface area contributed by atoms with Crippen molar-refractivity contribution >= 4 is 33.2 Å². The summed E-state index contributed by atoms with van der Waals surface area (Å²) in [6.07, 6.45) is 0. The lowest BCUT2D eigenvalue weighted by atomic mass is 9.91. The minimum absolute atomic E-state index is 0.222. The number of benzene rings is 1. The third kappa shape index (κ3) is 2.86. The molecule has 0 N–H and O–H groups in total. The van der Waals surface area contributed by atoms with Crippen molar-refractivity contribution in [3.63, 3.8) is 0 Å². The maximum atomic E-state index is 9.38. The second-order valence-electron chi connectivity index (χ2n) is 5.84. The van der Waals surface area contributed by atoms with E-state index in [1.165, 1.54) is 0 Å². The van der Waals surface area contributed by atoms with Crippen LogP contribution in [0, 0.1) is 11.3 Å². The molecule has 0 fully saturated rings. The highest BCUT2D eigenvalue weighted by Crippen LogP contribution is 2.38. The quantitative estimate of drug-likeness (QED) is 0.600. The molecule has 116 valence electrons. The smallest absolute Gasteiger partial charge is 0.178 e. The summed E-state index contributed by atoms with van der Waals surface area (Å²) in [6, 6.07) is 10.3. The standard InChI is InChI=1S/C16H20BrN5/c1-16(11-6-8-12(9-7-11)21(2)3)15(17)19-14(22(4)5)13(10-18)20-16/h6-9,15H,1-5H3. The van der Waals surface area contributed by atoms with Gasteiger partial charge in [-0.25, -0.2) is 4.99 Å². The molecule has 1 heterocycles. The zero-order chi connectivity index (χ0) is 16.5. The molecular formula is C16H20BrN5. The Kier molecular flexibility index (Phi) is 4.57. The Morgan fingerprint density at radius 1 is 1.14 bits per heavy atom. The van der Waals surface area contributed by atoms with E-state index in [-0.39, 0.29) is 4.95 Å². The van der Waals surface area contributed by atoms with Crippen LogP contribution in [0.25, 0.3) is 0 Å². The number of hydrogen-bond acceptors (Lipinski definition) is 5. The molecule has 0 bridgehead atoms. The van der Waals surface area contributed by atoms with Gasteiger partial charge in [-0.05, 0) is 24.6 Å². The Bertz CT molecular complexity index is 654. The number of nitrogens with zero attached hydrogens (tertiary/aromatic N) is 5. The summed E-state index contributed by atoms with van der Waals surface area (Å²) in [5.41, 5.74) is 1.90. The molecule has 0 aliphatic carbocycles. The Morgan fingerprint density at radius 2 is 1.73 bits per heavy atom. The molecule has 5 nitrogen and oxygen atoms in total. The topological polar surface area (TPSA) is 55.0 Å². The monoisotopic (exact) mass is 361 g/mol. The number of halogens is 1. The minimum atomic E-state index is -0.602. The maximum Gasteiger partial charge on any atom is 0.178 e. The van der Waals surface area contributed by atoms with Gasteiger partial charge in [0.1, 0.15) is 16.6 Å². The van der Waals surface area contributed by atoms with Crippen LogP contribution in [0.1, 0.15) is 12.5 Å². The van der Waals surface area contributed by atoms with E-state index in [4.69, 9.17) is 0 Å². The van der Waals surface area contributed by atoms with Gasteiger partial charge in [0.2, 0.25) is 0 Å². The summed E-state index contributed by atoms with van der Waals surface area (Å²) < 4.78 is 0. The summed E-state index contributed by atoms with van der Waals surface area (Å²) in [5, 5.41) is 9.38. The predicted octanol–water partition coefficient (Wildman–Crippen LogP) is 2.63. The van der Waals surface area contributed by atoms with Crippen LogP contribution in [-0.2, 0) is 5.54 Å². The van der Waals surface area contributed by atoms with Gasteiger partial charge in [0.15, 0.2) is 11.5 Å². The van der Waals surface area contributed by atoms with Crippen LogP contribution >= 0.6 is 15.9 Å². The van der Waals surface area contributed by atoms with Crippen LogP contribution in [0.3, 0.4) is 0 Å². The van der Waals surface area contributed by atoms with E-state index in [1.54, 1.807) is 0 Å². The number of amidine groups is 1. The molecular weight excluding hydrogens is 342 g/mol. The lowest BCUT2D eigenvalue weighted by Gasteiger charge is -2.34. The zero-order valence-electron chi connectivity index (χ0n) is 13.5. The lowest BCUT2D eigenvalue weighted by Crippen LogP contribution is -2.42. The van der Waals surface area contributed by atoms with E-state index in [0.29, 0.717) is 11.5 Å². The summed E-state index contributed by atoms with van der Waals surface area (Å²) in [5.74, 6) is 0.603.